The second-order valence-corrected chi connectivity index (χ2v) is 9.44. The first-order valence-electron chi connectivity index (χ1n) is 10.3. The number of nitrogens with zero attached hydrogens (tertiary/aromatic N) is 2. The highest BCUT2D eigenvalue weighted by atomic mass is 35.5. The Hall–Kier alpha value is -3.27. The zero-order valence-corrected chi connectivity index (χ0v) is 19.9. The van der Waals surface area contributed by atoms with Gasteiger partial charge in [0, 0.05) is 28.6 Å². The third kappa shape index (κ3) is 5.61. The Labute approximate surface area is 200 Å². The Morgan fingerprint density at radius 3 is 2.32 bits per heavy atom. The molecule has 0 aliphatic heterocycles. The van der Waals surface area contributed by atoms with E-state index in [-0.39, 0.29) is 17.7 Å². The molecule has 1 amide bonds. The number of carbonyl (C=O) groups is 2. The van der Waals surface area contributed by atoms with Gasteiger partial charge in [-0.1, -0.05) is 61.8 Å². The van der Waals surface area contributed by atoms with Crippen LogP contribution in [0.2, 0.25) is 5.02 Å². The van der Waals surface area contributed by atoms with E-state index in [2.05, 4.69) is 10.6 Å². The van der Waals surface area contributed by atoms with Crippen molar-refractivity contribution in [2.75, 3.05) is 0 Å². The molecule has 1 unspecified atom stereocenters. The van der Waals surface area contributed by atoms with Crippen LogP contribution in [0.5, 0.6) is 0 Å². The van der Waals surface area contributed by atoms with Gasteiger partial charge < -0.3 is 14.7 Å². The highest BCUT2D eigenvalue weighted by Gasteiger charge is 2.39. The summed E-state index contributed by atoms with van der Waals surface area (Å²) in [6.07, 6.45) is 0. The summed E-state index contributed by atoms with van der Waals surface area (Å²) >= 11 is 5.96. The third-order valence-corrected chi connectivity index (χ3v) is 5.44. The molecule has 0 spiro atoms. The molecule has 0 saturated carbocycles. The minimum atomic E-state index is -2.44. The molecule has 0 radical (unpaired) electrons. The van der Waals surface area contributed by atoms with Gasteiger partial charge in [-0.2, -0.15) is 5.01 Å². The van der Waals surface area contributed by atoms with Gasteiger partial charge in [-0.3, -0.25) is 10.2 Å². The highest BCUT2D eigenvalue weighted by molar-refractivity contribution is 6.30. The van der Waals surface area contributed by atoms with Crippen molar-refractivity contribution in [3.8, 4) is 11.1 Å². The van der Waals surface area contributed by atoms with E-state index in [1.54, 1.807) is 24.3 Å². The fourth-order valence-electron chi connectivity index (χ4n) is 3.02. The maximum Gasteiger partial charge on any atom is 0.352 e. The fourth-order valence-corrected chi connectivity index (χ4v) is 3.19. The summed E-state index contributed by atoms with van der Waals surface area (Å²) in [5.41, 5.74) is 1.52. The number of amides is 1. The molecule has 0 aliphatic carbocycles. The molecular weight excluding hydrogens is 465 g/mol. The normalized spacial score (nSPS) is 13.5. The maximum atomic E-state index is 14.2. The summed E-state index contributed by atoms with van der Waals surface area (Å²) in [7, 11) is 0. The summed E-state index contributed by atoms with van der Waals surface area (Å²) < 4.78 is 19.3. The van der Waals surface area contributed by atoms with Crippen LogP contribution in [0.1, 0.15) is 49.5 Å². The maximum absolute atomic E-state index is 14.2. The summed E-state index contributed by atoms with van der Waals surface area (Å²) in [5.74, 6) is -2.93. The van der Waals surface area contributed by atoms with Crippen molar-refractivity contribution in [2.45, 2.75) is 45.4 Å². The molecule has 1 heterocycles. The molecule has 2 aromatic carbocycles. The average molecular weight is 490 g/mol. The van der Waals surface area contributed by atoms with E-state index >= 15 is 0 Å². The van der Waals surface area contributed by atoms with Gasteiger partial charge in [0.15, 0.2) is 0 Å². The summed E-state index contributed by atoms with van der Waals surface area (Å²) in [4.78, 5) is 24.4. The van der Waals surface area contributed by atoms with Crippen LogP contribution < -0.4 is 5.43 Å². The summed E-state index contributed by atoms with van der Waals surface area (Å²) in [6.45, 7) is 6.54. The van der Waals surface area contributed by atoms with Gasteiger partial charge in [-0.15, -0.1) is 0 Å². The van der Waals surface area contributed by atoms with Gasteiger partial charge >= 0.3 is 11.9 Å². The van der Waals surface area contributed by atoms with E-state index in [0.29, 0.717) is 27.4 Å². The third-order valence-electron chi connectivity index (χ3n) is 5.20. The quantitative estimate of drug-likeness (QED) is 0.333. The van der Waals surface area contributed by atoms with Crippen LogP contribution in [0.3, 0.4) is 0 Å². The Morgan fingerprint density at radius 2 is 1.76 bits per heavy atom. The summed E-state index contributed by atoms with van der Waals surface area (Å²) in [5, 5.41) is 25.2. The van der Waals surface area contributed by atoms with Crippen LogP contribution in [0, 0.1) is 5.82 Å². The molecular formula is C24H25ClFN3O5. The van der Waals surface area contributed by atoms with Gasteiger partial charge in [-0.05, 0) is 36.2 Å². The zero-order valence-electron chi connectivity index (χ0n) is 19.1. The molecule has 8 nitrogen and oxygen atoms in total. The topological polar surface area (TPSA) is 116 Å². The van der Waals surface area contributed by atoms with E-state index in [0.717, 1.165) is 11.9 Å². The lowest BCUT2D eigenvalue weighted by atomic mass is 9.92. The van der Waals surface area contributed by atoms with E-state index in [1.165, 1.54) is 24.3 Å². The van der Waals surface area contributed by atoms with Crippen molar-refractivity contribution in [3.63, 3.8) is 0 Å². The number of aromatic nitrogens is 1. The lowest BCUT2D eigenvalue weighted by Crippen LogP contribution is -2.59. The number of nitrogens with one attached hydrogen (secondary N) is 1. The van der Waals surface area contributed by atoms with Crippen LogP contribution in [0.15, 0.2) is 53.1 Å². The molecule has 3 rings (SSSR count). The van der Waals surface area contributed by atoms with Crippen LogP contribution >= 0.6 is 11.6 Å². The largest absolute Gasteiger partial charge is 0.478 e. The first-order valence-corrected chi connectivity index (χ1v) is 10.7. The molecule has 1 atom stereocenters. The van der Waals surface area contributed by atoms with E-state index in [4.69, 9.17) is 16.1 Å². The SMILES string of the molecule is CC(C)(C)c1cc(C(=O)NN(Cc2ccc(-c3cc(Cl)ccc3F)cc2)C(C)(O)C(=O)O)on1. The second kappa shape index (κ2) is 9.54. The Kier molecular flexibility index (Phi) is 7.11. The lowest BCUT2D eigenvalue weighted by molar-refractivity contribution is -0.185. The average Bonchev–Trinajstić information content (AvgIpc) is 3.26. The number of carboxylic acid groups (broad SMARTS) is 1. The van der Waals surface area contributed by atoms with Crippen LogP contribution in [0.4, 0.5) is 4.39 Å². The number of rotatable bonds is 7. The predicted molar refractivity (Wildman–Crippen MR) is 123 cm³/mol. The molecule has 0 bridgehead atoms. The smallest absolute Gasteiger partial charge is 0.352 e. The first kappa shape index (κ1) is 25.4. The van der Waals surface area contributed by atoms with Gasteiger partial charge in [0.2, 0.25) is 11.5 Å². The van der Waals surface area contributed by atoms with Gasteiger partial charge in [-0.25, -0.2) is 9.18 Å². The lowest BCUT2D eigenvalue weighted by Gasteiger charge is -2.33. The van der Waals surface area contributed by atoms with Gasteiger partial charge in [0.1, 0.15) is 5.82 Å². The van der Waals surface area contributed by atoms with Crippen molar-refractivity contribution in [3.05, 3.63) is 76.4 Å². The van der Waals surface area contributed by atoms with E-state index < -0.39 is 23.4 Å². The number of benzene rings is 2. The van der Waals surface area contributed by atoms with E-state index in [9.17, 15) is 24.2 Å². The standard InChI is InChI=1S/C24H25ClFN3O5/c1-23(2,3)20-12-19(34-28-20)21(30)27-29(24(4,33)22(31)32)13-14-5-7-15(8-6-14)17-11-16(25)9-10-18(17)26/h5-12,33H,13H2,1-4H3,(H,27,30)(H,31,32). The Bertz CT molecular complexity index is 1200. The van der Waals surface area contributed by atoms with Crippen molar-refractivity contribution in [1.82, 2.24) is 15.6 Å². The first-order chi connectivity index (χ1) is 15.8. The fraction of sp³-hybridized carbons (Fsp3) is 0.292. The number of carboxylic acids is 1. The van der Waals surface area contributed by atoms with E-state index in [1.807, 2.05) is 20.8 Å². The number of hydrogen-bond donors (Lipinski definition) is 3. The number of hydrazine groups is 1. The minimum absolute atomic E-state index is 0.136. The molecule has 3 N–H and O–H groups in total. The molecule has 34 heavy (non-hydrogen) atoms. The monoisotopic (exact) mass is 489 g/mol. The predicted octanol–water partition coefficient (Wildman–Crippen LogP) is 4.37. The highest BCUT2D eigenvalue weighted by Crippen LogP contribution is 2.27. The van der Waals surface area contributed by atoms with Crippen molar-refractivity contribution >= 4 is 23.5 Å². The number of hydrogen-bond acceptors (Lipinski definition) is 6. The van der Waals surface area contributed by atoms with Crippen LogP contribution in [-0.2, 0) is 16.8 Å². The molecule has 0 fully saturated rings. The minimum Gasteiger partial charge on any atom is -0.478 e. The number of halogens is 2. The second-order valence-electron chi connectivity index (χ2n) is 9.00. The van der Waals surface area contributed by atoms with Crippen molar-refractivity contribution < 1.29 is 28.7 Å². The molecule has 3 aromatic rings. The Balaban J connectivity index is 1.84. The Morgan fingerprint density at radius 1 is 1.12 bits per heavy atom. The number of carbonyl (C=O) groups excluding carboxylic acids is 1. The number of aliphatic carboxylic acids is 1. The molecule has 180 valence electrons. The molecule has 1 aromatic heterocycles. The van der Waals surface area contributed by atoms with Gasteiger partial charge in [0.25, 0.3) is 0 Å². The van der Waals surface area contributed by atoms with Crippen LogP contribution in [-0.4, -0.2) is 38.0 Å². The molecule has 0 saturated heterocycles. The molecule has 0 aliphatic rings. The zero-order chi connectivity index (χ0) is 25.3. The summed E-state index contributed by atoms with van der Waals surface area (Å²) in [6, 6.07) is 12.2. The van der Waals surface area contributed by atoms with Crippen molar-refractivity contribution in [2.24, 2.45) is 0 Å². The molecule has 10 heteroatoms. The number of aliphatic hydroxyl groups is 1. The van der Waals surface area contributed by atoms with Gasteiger partial charge in [0.05, 0.1) is 5.69 Å². The van der Waals surface area contributed by atoms with Crippen LogP contribution in [0.25, 0.3) is 11.1 Å². The van der Waals surface area contributed by atoms with Crippen molar-refractivity contribution in [1.29, 1.82) is 0 Å².